The quantitative estimate of drug-likeness (QED) is 0.722. The van der Waals surface area contributed by atoms with Crippen molar-refractivity contribution in [2.45, 2.75) is 25.9 Å². The average Bonchev–Trinajstić information content (AvgIpc) is 2.99. The fraction of sp³-hybridized carbons (Fsp3) is 0.250. The molecule has 1 aliphatic rings. The summed E-state index contributed by atoms with van der Waals surface area (Å²) in [6.07, 6.45) is 2.14. The highest BCUT2D eigenvalue weighted by atomic mass is 35.5. The maximum atomic E-state index is 12.6. The summed E-state index contributed by atoms with van der Waals surface area (Å²) in [4.78, 5) is 28.3. The van der Waals surface area contributed by atoms with Crippen LogP contribution in [0.1, 0.15) is 35.6 Å². The number of nitrogens with zero attached hydrogens (tertiary/aromatic N) is 4. The summed E-state index contributed by atoms with van der Waals surface area (Å²) in [5, 5.41) is 8.36. The first kappa shape index (κ1) is 14.9. The minimum absolute atomic E-state index is 0.0240. The number of aromatic nitrogens is 4. The summed E-state index contributed by atoms with van der Waals surface area (Å²) in [6.45, 7) is 1.94. The summed E-state index contributed by atoms with van der Waals surface area (Å²) >= 11 is 5.93. The van der Waals surface area contributed by atoms with Crippen LogP contribution in [0, 0.1) is 0 Å². The Hall–Kier alpha value is -2.67. The van der Waals surface area contributed by atoms with Gasteiger partial charge in [0.15, 0.2) is 17.1 Å². The Labute approximate surface area is 141 Å². The van der Waals surface area contributed by atoms with Gasteiger partial charge in [0.2, 0.25) is 5.95 Å². The molecule has 0 spiro atoms. The second-order valence-electron chi connectivity index (χ2n) is 5.75. The molecule has 3 heterocycles. The third kappa shape index (κ3) is 2.28. The van der Waals surface area contributed by atoms with Gasteiger partial charge >= 0.3 is 0 Å². The predicted molar refractivity (Wildman–Crippen MR) is 89.7 cm³/mol. The molecule has 0 bridgehead atoms. The van der Waals surface area contributed by atoms with Crippen molar-refractivity contribution in [2.24, 2.45) is 0 Å². The monoisotopic (exact) mass is 343 g/mol. The molecule has 0 amide bonds. The van der Waals surface area contributed by atoms with Crippen LogP contribution >= 0.6 is 11.6 Å². The first-order valence-electron chi connectivity index (χ1n) is 7.56. The van der Waals surface area contributed by atoms with Crippen LogP contribution in [0.2, 0.25) is 5.02 Å². The highest BCUT2D eigenvalue weighted by Crippen LogP contribution is 2.27. The molecule has 7 nitrogen and oxygen atoms in total. The maximum absolute atomic E-state index is 12.6. The third-order valence-electron chi connectivity index (χ3n) is 4.18. The number of anilines is 1. The Morgan fingerprint density at radius 2 is 2.08 bits per heavy atom. The van der Waals surface area contributed by atoms with E-state index in [1.807, 2.05) is 24.3 Å². The van der Waals surface area contributed by atoms with Crippen LogP contribution in [0.3, 0.4) is 0 Å². The zero-order valence-electron chi connectivity index (χ0n) is 12.9. The van der Waals surface area contributed by atoms with Crippen LogP contribution in [0.15, 0.2) is 35.3 Å². The van der Waals surface area contributed by atoms with Crippen molar-refractivity contribution in [1.29, 1.82) is 0 Å². The predicted octanol–water partition coefficient (Wildman–Crippen LogP) is 2.30. The number of Topliss-reactive ketones (excluding diaryl/α,β-unsaturated/α-hetero) is 1. The van der Waals surface area contributed by atoms with Crippen LogP contribution in [0.4, 0.5) is 5.95 Å². The van der Waals surface area contributed by atoms with E-state index in [0.29, 0.717) is 23.0 Å². The summed E-state index contributed by atoms with van der Waals surface area (Å²) in [7, 11) is 0. The largest absolute Gasteiger partial charge is 0.347 e. The van der Waals surface area contributed by atoms with Gasteiger partial charge in [-0.25, -0.2) is 9.50 Å². The van der Waals surface area contributed by atoms with Gasteiger partial charge in [-0.15, -0.1) is 5.10 Å². The Bertz CT molecular complexity index is 1010. The lowest BCUT2D eigenvalue weighted by molar-refractivity contribution is 0.100. The Balaban J connectivity index is 1.80. The molecule has 1 aromatic carbocycles. The number of rotatable bonds is 2. The topological polar surface area (TPSA) is 81.3 Å². The van der Waals surface area contributed by atoms with Crippen molar-refractivity contribution < 1.29 is 4.79 Å². The maximum Gasteiger partial charge on any atom is 0.280 e. The van der Waals surface area contributed by atoms with Gasteiger partial charge in [0, 0.05) is 18.5 Å². The number of hydrogen-bond acceptors (Lipinski definition) is 5. The molecule has 0 saturated heterocycles. The van der Waals surface area contributed by atoms with E-state index >= 15 is 0 Å². The van der Waals surface area contributed by atoms with Gasteiger partial charge < -0.3 is 5.32 Å². The molecule has 1 atom stereocenters. The molecule has 0 unspecified atom stereocenters. The summed E-state index contributed by atoms with van der Waals surface area (Å²) in [5.74, 6) is 0.344. The van der Waals surface area contributed by atoms with Gasteiger partial charge in [0.05, 0.1) is 12.2 Å². The normalized spacial score (nSPS) is 16.7. The number of ketones is 1. The Morgan fingerprint density at radius 1 is 1.33 bits per heavy atom. The molecule has 0 aliphatic carbocycles. The second kappa shape index (κ2) is 5.45. The average molecular weight is 344 g/mol. The van der Waals surface area contributed by atoms with Crippen LogP contribution in [0.25, 0.3) is 5.52 Å². The highest BCUT2D eigenvalue weighted by Gasteiger charge is 2.24. The number of carbonyl (C=O) groups is 1. The molecule has 122 valence electrons. The SMILES string of the molecule is CC(=O)c1ncc2c(=O)n3c(nn12)N[C@@H](c1ccc(Cl)cc1)CC3. The number of benzene rings is 1. The first-order valence-corrected chi connectivity index (χ1v) is 7.94. The highest BCUT2D eigenvalue weighted by molar-refractivity contribution is 6.30. The molecule has 2 aromatic heterocycles. The van der Waals surface area contributed by atoms with Crippen molar-refractivity contribution in [3.05, 3.63) is 57.2 Å². The molecule has 0 radical (unpaired) electrons. The van der Waals surface area contributed by atoms with E-state index in [1.54, 1.807) is 4.57 Å². The van der Waals surface area contributed by atoms with E-state index in [-0.39, 0.29) is 23.2 Å². The zero-order valence-corrected chi connectivity index (χ0v) is 13.6. The minimum Gasteiger partial charge on any atom is -0.347 e. The van der Waals surface area contributed by atoms with Crippen molar-refractivity contribution in [3.8, 4) is 0 Å². The summed E-state index contributed by atoms with van der Waals surface area (Å²) in [5.41, 5.74) is 1.16. The summed E-state index contributed by atoms with van der Waals surface area (Å²) in [6, 6.07) is 7.59. The van der Waals surface area contributed by atoms with E-state index in [1.165, 1.54) is 17.6 Å². The lowest BCUT2D eigenvalue weighted by atomic mass is 10.0. The van der Waals surface area contributed by atoms with E-state index in [0.717, 1.165) is 12.0 Å². The minimum atomic E-state index is -0.239. The number of halogens is 1. The van der Waals surface area contributed by atoms with Gasteiger partial charge in [-0.05, 0) is 24.1 Å². The molecule has 8 heteroatoms. The molecule has 1 aliphatic heterocycles. The standard InChI is InChI=1S/C16H14ClN5O2/c1-9(23)14-18-8-13-15(24)21-7-6-12(19-16(21)20-22(13)14)10-2-4-11(17)5-3-10/h2-5,8,12H,6-7H2,1H3,(H,19,20)/t12-/m1/s1. The van der Waals surface area contributed by atoms with Crippen molar-refractivity contribution in [2.75, 3.05) is 5.32 Å². The van der Waals surface area contributed by atoms with Crippen LogP contribution in [-0.4, -0.2) is 24.9 Å². The van der Waals surface area contributed by atoms with Gasteiger partial charge in [0.1, 0.15) is 0 Å². The molecular weight excluding hydrogens is 330 g/mol. The van der Waals surface area contributed by atoms with Crippen molar-refractivity contribution >= 4 is 28.8 Å². The fourth-order valence-corrected chi connectivity index (χ4v) is 3.09. The van der Waals surface area contributed by atoms with Gasteiger partial charge in [-0.3, -0.25) is 14.2 Å². The number of fused-ring (bicyclic) bond motifs is 2. The number of nitrogens with one attached hydrogen (secondary N) is 1. The first-order chi connectivity index (χ1) is 11.5. The van der Waals surface area contributed by atoms with Crippen LogP contribution in [-0.2, 0) is 6.54 Å². The lowest BCUT2D eigenvalue weighted by Crippen LogP contribution is -2.33. The lowest BCUT2D eigenvalue weighted by Gasteiger charge is -2.27. The molecule has 0 saturated carbocycles. The van der Waals surface area contributed by atoms with E-state index in [9.17, 15) is 9.59 Å². The fourth-order valence-electron chi connectivity index (χ4n) is 2.96. The van der Waals surface area contributed by atoms with Crippen LogP contribution in [0.5, 0.6) is 0 Å². The van der Waals surface area contributed by atoms with E-state index in [4.69, 9.17) is 11.6 Å². The molecule has 24 heavy (non-hydrogen) atoms. The molecule has 3 aromatic rings. The second-order valence-corrected chi connectivity index (χ2v) is 6.19. The zero-order chi connectivity index (χ0) is 16.8. The molecule has 1 N–H and O–H groups in total. The van der Waals surface area contributed by atoms with Crippen molar-refractivity contribution in [1.82, 2.24) is 19.2 Å². The smallest absolute Gasteiger partial charge is 0.280 e. The number of imidazole rings is 1. The van der Waals surface area contributed by atoms with Crippen molar-refractivity contribution in [3.63, 3.8) is 0 Å². The Kier molecular flexibility index (Phi) is 3.38. The molecular formula is C16H14ClN5O2. The van der Waals surface area contributed by atoms with Gasteiger partial charge in [-0.2, -0.15) is 0 Å². The van der Waals surface area contributed by atoms with Gasteiger partial charge in [-0.1, -0.05) is 23.7 Å². The Morgan fingerprint density at radius 3 is 2.79 bits per heavy atom. The molecule has 0 fully saturated rings. The van der Waals surface area contributed by atoms with Gasteiger partial charge in [0.25, 0.3) is 5.56 Å². The summed E-state index contributed by atoms with van der Waals surface area (Å²) < 4.78 is 2.89. The third-order valence-corrected chi connectivity index (χ3v) is 4.44. The molecule has 4 rings (SSSR count). The number of hydrogen-bond donors (Lipinski definition) is 1. The van der Waals surface area contributed by atoms with Crippen LogP contribution < -0.4 is 10.9 Å². The number of carbonyl (C=O) groups excluding carboxylic acids is 1. The van der Waals surface area contributed by atoms with E-state index < -0.39 is 0 Å². The van der Waals surface area contributed by atoms with E-state index in [2.05, 4.69) is 15.4 Å².